The molecule has 7 heteroatoms. The summed E-state index contributed by atoms with van der Waals surface area (Å²) in [5, 5.41) is 0. The van der Waals surface area contributed by atoms with Crippen LogP contribution in [0.3, 0.4) is 0 Å². The largest absolute Gasteiger partial charge is 3.00 e. The Kier molecular flexibility index (Phi) is 19400. The molecule has 0 saturated carbocycles. The van der Waals surface area contributed by atoms with Crippen LogP contribution in [0.1, 0.15) is 0 Å². The molecule has 0 bridgehead atoms. The van der Waals surface area contributed by atoms with Gasteiger partial charge in [0.25, 0.3) is 0 Å². The molecule has 0 spiro atoms. The van der Waals surface area contributed by atoms with Crippen molar-refractivity contribution in [3.8, 4) is 0 Å². The number of hydrogen-bond acceptors (Lipinski definition) is 0. The standard InChI is InChI=1S/Mn.H2O.4O.V/h;1H2;;;;;/q+3;;4*-2;. The van der Waals surface area contributed by atoms with Crippen molar-refractivity contribution in [3.63, 3.8) is 0 Å². The van der Waals surface area contributed by atoms with Crippen molar-refractivity contribution in [1.82, 2.24) is 0 Å². The van der Waals surface area contributed by atoms with E-state index >= 15 is 0 Å². The van der Waals surface area contributed by atoms with E-state index in [-0.39, 0.29) is 63.0 Å². The van der Waals surface area contributed by atoms with Crippen molar-refractivity contribution < 1.29 is 63.0 Å². The number of hydrogen-bond donors (Lipinski definition) is 0. The van der Waals surface area contributed by atoms with Crippen molar-refractivity contribution in [2.75, 3.05) is 0 Å². The van der Waals surface area contributed by atoms with Crippen molar-refractivity contribution in [2.24, 2.45) is 0 Å². The molecule has 0 aliphatic carbocycles. The Morgan fingerprint density at radius 2 is 0.571 bits per heavy atom. The summed E-state index contributed by atoms with van der Waals surface area (Å²) in [4.78, 5) is 0. The second-order valence-electron chi connectivity index (χ2n) is 0. The van der Waals surface area contributed by atoms with Crippen LogP contribution in [0, 0.1) is 0 Å². The Labute approximate surface area is 63.4 Å². The van der Waals surface area contributed by atoms with Crippen LogP contribution in [-0.4, -0.2) is 5.48 Å². The van der Waals surface area contributed by atoms with Gasteiger partial charge in [0.15, 0.2) is 0 Å². The molecule has 0 aromatic heterocycles. The van der Waals surface area contributed by atoms with Gasteiger partial charge in [0.2, 0.25) is 0 Å². The van der Waals surface area contributed by atoms with Gasteiger partial charge in [0.1, 0.15) is 0 Å². The van der Waals surface area contributed by atoms with Gasteiger partial charge in [-0.1, -0.05) is 0 Å². The zero-order valence-corrected chi connectivity index (χ0v) is 5.54. The van der Waals surface area contributed by atoms with Crippen LogP contribution in [-0.2, 0) is 57.5 Å². The normalized spacial score (nSPS) is 0. The molecule has 0 heterocycles. The van der Waals surface area contributed by atoms with Crippen molar-refractivity contribution >= 4 is 0 Å². The molecule has 2 N–H and O–H groups in total. The maximum atomic E-state index is 0. The molecule has 0 rings (SSSR count). The maximum absolute atomic E-state index is 0. The average Bonchev–Trinajstić information content (AvgIpc) is 0. The van der Waals surface area contributed by atoms with Crippen LogP contribution in [0.5, 0.6) is 0 Å². The molecule has 1 radical (unpaired) electrons. The quantitative estimate of drug-likeness (QED) is 0.415. The summed E-state index contributed by atoms with van der Waals surface area (Å²) in [7, 11) is 0. The molecule has 0 aromatic carbocycles. The zero-order valence-electron chi connectivity index (χ0n) is 2.96. The average molecular weight is 188 g/mol. The van der Waals surface area contributed by atoms with Crippen LogP contribution < -0.4 is 0 Å². The summed E-state index contributed by atoms with van der Waals surface area (Å²) in [6.45, 7) is 0. The second-order valence-corrected chi connectivity index (χ2v) is 0. The van der Waals surface area contributed by atoms with Gasteiger partial charge in [-0.15, -0.1) is 0 Å². The Morgan fingerprint density at radius 1 is 0.571 bits per heavy atom. The summed E-state index contributed by atoms with van der Waals surface area (Å²) in [6.07, 6.45) is 0. The zero-order chi connectivity index (χ0) is 0. The van der Waals surface area contributed by atoms with E-state index < -0.39 is 0 Å². The summed E-state index contributed by atoms with van der Waals surface area (Å²) < 4.78 is 0. The topological polar surface area (TPSA) is 146 Å². The Bertz CT molecular complexity index is 8.04. The van der Waals surface area contributed by atoms with Crippen molar-refractivity contribution in [1.29, 1.82) is 0 Å². The van der Waals surface area contributed by atoms with Crippen molar-refractivity contribution in [2.45, 2.75) is 0 Å². The van der Waals surface area contributed by atoms with E-state index in [1.54, 1.807) is 0 Å². The van der Waals surface area contributed by atoms with E-state index in [0.29, 0.717) is 0 Å². The fourth-order valence-corrected chi connectivity index (χ4v) is 0. The second kappa shape index (κ2) is 295. The van der Waals surface area contributed by atoms with E-state index in [4.69, 9.17) is 0 Å². The van der Waals surface area contributed by atoms with Crippen molar-refractivity contribution in [3.05, 3.63) is 0 Å². The first kappa shape index (κ1) is 461. The number of rotatable bonds is 0. The molecular weight excluding hydrogens is 186 g/mol. The van der Waals surface area contributed by atoms with Gasteiger partial charge in [0.05, 0.1) is 0 Å². The third kappa shape index (κ3) is 203. The molecule has 7 heavy (non-hydrogen) atoms. The predicted octanol–water partition coefficient (Wildman–Crippen LogP) is -1.30. The van der Waals surface area contributed by atoms with Crippen LogP contribution >= 0.6 is 0 Å². The van der Waals surface area contributed by atoms with Gasteiger partial charge in [-0.2, -0.15) is 0 Å². The molecule has 0 saturated heterocycles. The van der Waals surface area contributed by atoms with Gasteiger partial charge in [0, 0.05) is 18.6 Å². The molecule has 0 atom stereocenters. The van der Waals surface area contributed by atoms with Crippen LogP contribution in [0.2, 0.25) is 0 Å². The summed E-state index contributed by atoms with van der Waals surface area (Å²) in [6, 6.07) is 0. The van der Waals surface area contributed by atoms with Crippen LogP contribution in [0.4, 0.5) is 0 Å². The Morgan fingerprint density at radius 3 is 0.571 bits per heavy atom. The minimum Gasteiger partial charge on any atom is -2.00 e. The molecule has 0 aliphatic rings. The monoisotopic (exact) mass is 188 g/mol. The van der Waals surface area contributed by atoms with E-state index in [0.717, 1.165) is 0 Å². The summed E-state index contributed by atoms with van der Waals surface area (Å²) in [5.74, 6) is 0. The van der Waals surface area contributed by atoms with Gasteiger partial charge in [-0.25, -0.2) is 0 Å². The Hall–Kier alpha value is 0.904. The summed E-state index contributed by atoms with van der Waals surface area (Å²) in [5.41, 5.74) is 0. The molecule has 49 valence electrons. The molecule has 0 aliphatic heterocycles. The molecule has 0 aromatic rings. The fourth-order valence-electron chi connectivity index (χ4n) is 0. The first-order chi connectivity index (χ1) is 0. The first-order valence-corrected chi connectivity index (χ1v) is 0. The van der Waals surface area contributed by atoms with Gasteiger partial charge in [-0.3, -0.25) is 0 Å². The van der Waals surface area contributed by atoms with E-state index in [1.807, 2.05) is 0 Å². The van der Waals surface area contributed by atoms with E-state index in [1.165, 1.54) is 0 Å². The SMILES string of the molecule is O.[Mn+3].[O-2].[O-2].[O-2].[O-2].[V]. The Balaban J connectivity index is 0. The first-order valence-electron chi connectivity index (χ1n) is 0. The molecule has 0 amide bonds. The smallest absolute Gasteiger partial charge is 2.00 e. The molecule has 0 unspecified atom stereocenters. The molecular formula is H2MnO5V-5. The van der Waals surface area contributed by atoms with Gasteiger partial charge >= 0.3 is 17.1 Å². The minimum absolute atomic E-state index is 0. The molecule has 0 fully saturated rings. The fraction of sp³-hybridized carbons (Fsp3) is 0. The maximum Gasteiger partial charge on any atom is 3.00 e. The van der Waals surface area contributed by atoms with E-state index in [9.17, 15) is 0 Å². The third-order valence-corrected chi connectivity index (χ3v) is 0. The minimum atomic E-state index is 0. The predicted molar refractivity (Wildman–Crippen MR) is 6.36 cm³/mol. The van der Waals surface area contributed by atoms with Gasteiger partial charge < -0.3 is 27.4 Å². The molecule has 5 nitrogen and oxygen atoms in total. The van der Waals surface area contributed by atoms with Gasteiger partial charge in [-0.05, 0) is 0 Å². The third-order valence-electron chi connectivity index (χ3n) is 0. The van der Waals surface area contributed by atoms with Crippen LogP contribution in [0.25, 0.3) is 0 Å². The van der Waals surface area contributed by atoms with Crippen LogP contribution in [0.15, 0.2) is 0 Å². The summed E-state index contributed by atoms with van der Waals surface area (Å²) >= 11 is 0. The van der Waals surface area contributed by atoms with E-state index in [2.05, 4.69) is 0 Å².